The van der Waals surface area contributed by atoms with Gasteiger partial charge in [-0.15, -0.1) is 0 Å². The number of hydrogen-bond donors (Lipinski definition) is 4. The zero-order chi connectivity index (χ0) is 31.4. The smallest absolute Gasteiger partial charge is 0.323 e. The quantitative estimate of drug-likeness (QED) is 0.181. The summed E-state index contributed by atoms with van der Waals surface area (Å²) in [6, 6.07) is 19.7. The number of nitrogens with zero attached hydrogens (tertiary/aromatic N) is 4. The highest BCUT2D eigenvalue weighted by Crippen LogP contribution is 2.12. The number of aromatic nitrogens is 4. The first-order chi connectivity index (χ1) is 20.6. The van der Waals surface area contributed by atoms with Crippen molar-refractivity contribution in [3.63, 3.8) is 0 Å². The molecule has 0 saturated heterocycles. The number of hydrogen-bond acceptors (Lipinski definition) is 8. The third-order valence-corrected chi connectivity index (χ3v) is 6.66. The van der Waals surface area contributed by atoms with E-state index >= 15 is 0 Å². The molecule has 234 valence electrons. The largest absolute Gasteiger partial charge is 0.480 e. The number of anilines is 2. The number of carboxylic acids is 2. The van der Waals surface area contributed by atoms with Crippen LogP contribution in [0.5, 0.6) is 0 Å². The van der Waals surface area contributed by atoms with Gasteiger partial charge in [0.2, 0.25) is 0 Å². The summed E-state index contributed by atoms with van der Waals surface area (Å²) in [5, 5.41) is 23.7. The Kier molecular flexibility index (Phi) is 13.8. The number of aliphatic carboxylic acids is 2. The zero-order valence-electron chi connectivity index (χ0n) is 23.8. The van der Waals surface area contributed by atoms with Crippen LogP contribution in [0.15, 0.2) is 76.4 Å². The van der Waals surface area contributed by atoms with Gasteiger partial charge in [0.05, 0.1) is 5.69 Å². The lowest BCUT2D eigenvalue weighted by Crippen LogP contribution is -2.30. The standard InChI is InChI=1S/C15H16ClN3O3.C15H17N3O3.CH4/c1-10-13(16)18-14(15(22)19(10)9-12(20)21)17-8-7-11-5-3-2-4-6-11;1-11-9-17-14(15(21)18(11)10-13(19)20)16-8-7-12-5-3-2-4-6-12;/h2-6H,7-9H2,1H3,(H,17,18)(H,20,21);2-6,9H,7-8,10H2,1H3,(H,16,17)(H,19,20);1H4. The van der Waals surface area contributed by atoms with Crippen molar-refractivity contribution >= 4 is 35.2 Å². The molecule has 2 aromatic carbocycles. The van der Waals surface area contributed by atoms with Crippen molar-refractivity contribution in [1.29, 1.82) is 0 Å². The zero-order valence-corrected chi connectivity index (χ0v) is 24.5. The lowest BCUT2D eigenvalue weighted by molar-refractivity contribution is -0.138. The van der Waals surface area contributed by atoms with Gasteiger partial charge in [-0.25, -0.2) is 9.97 Å². The van der Waals surface area contributed by atoms with Crippen LogP contribution < -0.4 is 21.8 Å². The molecule has 0 atom stereocenters. The number of aryl methyl sites for hydroxylation is 1. The van der Waals surface area contributed by atoms with Crippen molar-refractivity contribution in [3.8, 4) is 0 Å². The molecule has 0 spiro atoms. The summed E-state index contributed by atoms with van der Waals surface area (Å²) in [5.74, 6) is -1.92. The van der Waals surface area contributed by atoms with Gasteiger partial charge in [-0.2, -0.15) is 0 Å². The van der Waals surface area contributed by atoms with Crippen molar-refractivity contribution in [1.82, 2.24) is 19.1 Å². The van der Waals surface area contributed by atoms with Crippen LogP contribution in [0.25, 0.3) is 0 Å². The summed E-state index contributed by atoms with van der Waals surface area (Å²) in [7, 11) is 0. The number of carboxylic acid groups (broad SMARTS) is 2. The van der Waals surface area contributed by atoms with Crippen molar-refractivity contribution < 1.29 is 19.8 Å². The molecule has 0 unspecified atom stereocenters. The van der Waals surface area contributed by atoms with E-state index in [9.17, 15) is 19.2 Å². The van der Waals surface area contributed by atoms with Gasteiger partial charge in [0.1, 0.15) is 13.1 Å². The van der Waals surface area contributed by atoms with Gasteiger partial charge in [-0.05, 0) is 37.8 Å². The van der Waals surface area contributed by atoms with Crippen LogP contribution >= 0.6 is 11.6 Å². The van der Waals surface area contributed by atoms with Crippen LogP contribution in [-0.2, 0) is 35.5 Å². The van der Waals surface area contributed by atoms with E-state index in [1.54, 1.807) is 13.8 Å². The van der Waals surface area contributed by atoms with Crippen molar-refractivity contribution in [2.45, 2.75) is 47.2 Å². The fourth-order valence-electron chi connectivity index (χ4n) is 4.02. The molecule has 0 aliphatic rings. The second-order valence-corrected chi connectivity index (χ2v) is 9.84. The predicted octanol–water partition coefficient (Wildman–Crippen LogP) is 3.87. The van der Waals surface area contributed by atoms with E-state index < -0.39 is 29.6 Å². The first-order valence-electron chi connectivity index (χ1n) is 13.4. The van der Waals surface area contributed by atoms with Crippen molar-refractivity contribution in [2.75, 3.05) is 23.7 Å². The fraction of sp³-hybridized carbons (Fsp3) is 0.290. The highest BCUT2D eigenvalue weighted by Gasteiger charge is 2.14. The molecule has 0 fully saturated rings. The first-order valence-corrected chi connectivity index (χ1v) is 13.8. The summed E-state index contributed by atoms with van der Waals surface area (Å²) in [6.07, 6.45) is 2.97. The Balaban J connectivity index is 0.000000300. The molecule has 4 aromatic rings. The topological polar surface area (TPSA) is 168 Å². The second kappa shape index (κ2) is 17.2. The van der Waals surface area contributed by atoms with Crippen LogP contribution in [0.1, 0.15) is 29.9 Å². The molecule has 0 bridgehead atoms. The fourth-order valence-corrected chi connectivity index (χ4v) is 4.21. The molecule has 0 amide bonds. The summed E-state index contributed by atoms with van der Waals surface area (Å²) in [4.78, 5) is 54.1. The van der Waals surface area contributed by atoms with Crippen molar-refractivity contribution in [2.24, 2.45) is 0 Å². The maximum absolute atomic E-state index is 12.2. The second-order valence-electron chi connectivity index (χ2n) is 9.48. The van der Waals surface area contributed by atoms with E-state index in [0.29, 0.717) is 30.9 Å². The lowest BCUT2D eigenvalue weighted by Gasteiger charge is -2.12. The first kappa shape index (κ1) is 35.2. The monoisotopic (exact) mass is 624 g/mol. The number of rotatable bonds is 12. The third kappa shape index (κ3) is 10.4. The Hall–Kier alpha value is -4.97. The molecule has 0 radical (unpaired) electrons. The van der Waals surface area contributed by atoms with E-state index in [1.807, 2.05) is 60.7 Å². The molecule has 0 saturated carbocycles. The molecule has 2 heterocycles. The third-order valence-electron chi connectivity index (χ3n) is 6.30. The van der Waals surface area contributed by atoms with Crippen LogP contribution in [0.3, 0.4) is 0 Å². The van der Waals surface area contributed by atoms with Gasteiger partial charge in [0.25, 0.3) is 11.1 Å². The molecular weight excluding hydrogens is 588 g/mol. The number of benzene rings is 2. The highest BCUT2D eigenvalue weighted by atomic mass is 35.5. The van der Waals surface area contributed by atoms with Gasteiger partial charge in [0, 0.05) is 25.0 Å². The molecule has 0 aliphatic heterocycles. The molecule has 4 N–H and O–H groups in total. The molecule has 12 nitrogen and oxygen atoms in total. The van der Waals surface area contributed by atoms with E-state index in [4.69, 9.17) is 21.8 Å². The minimum absolute atomic E-state index is 0. The van der Waals surface area contributed by atoms with E-state index in [1.165, 1.54) is 10.8 Å². The molecule has 4 rings (SSSR count). The summed E-state index contributed by atoms with van der Waals surface area (Å²) < 4.78 is 2.29. The average molecular weight is 625 g/mol. The van der Waals surface area contributed by atoms with Crippen LogP contribution in [0, 0.1) is 13.8 Å². The van der Waals surface area contributed by atoms with Gasteiger partial charge >= 0.3 is 11.9 Å². The summed E-state index contributed by atoms with van der Waals surface area (Å²) in [6.45, 7) is 3.47. The van der Waals surface area contributed by atoms with E-state index in [-0.39, 0.29) is 30.8 Å². The maximum Gasteiger partial charge on any atom is 0.323 e. The Labute approximate surface area is 260 Å². The number of halogens is 1. The van der Waals surface area contributed by atoms with Gasteiger partial charge in [-0.1, -0.05) is 79.7 Å². The SMILES string of the molecule is C.Cc1c(Cl)nc(NCCc2ccccc2)c(=O)n1CC(=O)O.Cc1cnc(NCCc2ccccc2)c(=O)n1CC(=O)O. The van der Waals surface area contributed by atoms with Crippen LogP contribution in [0.4, 0.5) is 11.6 Å². The Morgan fingerprint density at radius 2 is 1.23 bits per heavy atom. The Morgan fingerprint density at radius 3 is 1.73 bits per heavy atom. The molecule has 13 heteroatoms. The summed E-state index contributed by atoms with van der Waals surface area (Å²) >= 11 is 5.97. The van der Waals surface area contributed by atoms with Gasteiger partial charge < -0.3 is 20.8 Å². The van der Waals surface area contributed by atoms with Crippen LogP contribution in [-0.4, -0.2) is 54.3 Å². The summed E-state index contributed by atoms with van der Waals surface area (Å²) in [5.41, 5.74) is 2.24. The van der Waals surface area contributed by atoms with Crippen LogP contribution in [0.2, 0.25) is 5.15 Å². The minimum Gasteiger partial charge on any atom is -0.480 e. The maximum atomic E-state index is 12.2. The van der Waals surface area contributed by atoms with E-state index in [2.05, 4.69) is 20.6 Å². The molecule has 0 aliphatic carbocycles. The normalized spacial score (nSPS) is 10.2. The number of carbonyl (C=O) groups is 2. The van der Waals surface area contributed by atoms with Gasteiger partial charge in [0.15, 0.2) is 16.8 Å². The highest BCUT2D eigenvalue weighted by molar-refractivity contribution is 6.30. The minimum atomic E-state index is -1.11. The van der Waals surface area contributed by atoms with Crippen molar-refractivity contribution in [3.05, 3.63) is 115 Å². The molecule has 2 aromatic heterocycles. The van der Waals surface area contributed by atoms with Gasteiger partial charge in [-0.3, -0.25) is 28.3 Å². The average Bonchev–Trinajstić information content (AvgIpc) is 2.98. The van der Waals surface area contributed by atoms with E-state index in [0.717, 1.165) is 22.1 Å². The Bertz CT molecular complexity index is 1660. The molecular formula is C31H37ClN6O6. The molecule has 44 heavy (non-hydrogen) atoms. The number of nitrogens with one attached hydrogen (secondary N) is 2. The lowest BCUT2D eigenvalue weighted by atomic mass is 10.1. The Morgan fingerprint density at radius 1 is 0.773 bits per heavy atom. The predicted molar refractivity (Wildman–Crippen MR) is 171 cm³/mol.